The largest absolute Gasteiger partial charge is 0.389 e. The molecule has 6 heteroatoms. The number of benzene rings is 1. The fourth-order valence-electron chi connectivity index (χ4n) is 2.55. The number of ether oxygens (including phenoxy) is 1. The van der Waals surface area contributed by atoms with Crippen LogP contribution in [0.5, 0.6) is 0 Å². The first-order chi connectivity index (χ1) is 10.0. The van der Waals surface area contributed by atoms with E-state index in [0.29, 0.717) is 19.7 Å². The summed E-state index contributed by atoms with van der Waals surface area (Å²) >= 11 is 4.71. The van der Waals surface area contributed by atoms with E-state index in [2.05, 4.69) is 0 Å². The number of piperidine rings is 1. The summed E-state index contributed by atoms with van der Waals surface area (Å²) in [4.78, 5) is 1.69. The van der Waals surface area contributed by atoms with Gasteiger partial charge in [0.05, 0.1) is 11.8 Å². The zero-order valence-corrected chi connectivity index (χ0v) is 12.9. The fourth-order valence-corrected chi connectivity index (χ4v) is 2.71. The van der Waals surface area contributed by atoms with Crippen LogP contribution in [0.4, 0.5) is 14.5 Å². The van der Waals surface area contributed by atoms with Gasteiger partial charge in [-0.1, -0.05) is 19.1 Å². The first kappa shape index (κ1) is 16.1. The van der Waals surface area contributed by atoms with Gasteiger partial charge in [-0.05, 0) is 31.4 Å². The summed E-state index contributed by atoms with van der Waals surface area (Å²) in [6, 6.07) is 2.97. The van der Waals surface area contributed by atoms with Crippen LogP contribution in [-0.2, 0) is 4.74 Å². The molecule has 0 aromatic heterocycles. The van der Waals surface area contributed by atoms with E-state index >= 15 is 0 Å². The van der Waals surface area contributed by atoms with E-state index in [0.717, 1.165) is 19.3 Å². The summed E-state index contributed by atoms with van der Waals surface area (Å²) in [6.45, 7) is 4.00. The van der Waals surface area contributed by atoms with E-state index in [-0.39, 0.29) is 22.3 Å². The van der Waals surface area contributed by atoms with Gasteiger partial charge in [0.15, 0.2) is 11.6 Å². The van der Waals surface area contributed by atoms with E-state index in [9.17, 15) is 8.78 Å². The summed E-state index contributed by atoms with van der Waals surface area (Å²) in [7, 11) is 0. The second-order valence-electron chi connectivity index (χ2n) is 5.21. The van der Waals surface area contributed by atoms with Gasteiger partial charge in [0.25, 0.3) is 0 Å². The van der Waals surface area contributed by atoms with Crippen LogP contribution < -0.4 is 10.6 Å². The fraction of sp³-hybridized carbons (Fsp3) is 0.533. The highest BCUT2D eigenvalue weighted by molar-refractivity contribution is 7.80. The van der Waals surface area contributed by atoms with Gasteiger partial charge in [0, 0.05) is 25.3 Å². The number of hydrogen-bond donors (Lipinski definition) is 1. The number of halogens is 2. The first-order valence-electron chi connectivity index (χ1n) is 7.19. The lowest BCUT2D eigenvalue weighted by atomic mass is 10.1. The number of nitrogens with two attached hydrogens (primary N) is 1. The van der Waals surface area contributed by atoms with Crippen LogP contribution in [0.25, 0.3) is 0 Å². The highest BCUT2D eigenvalue weighted by Crippen LogP contribution is 2.27. The Hall–Kier alpha value is -1.27. The Morgan fingerprint density at radius 3 is 2.86 bits per heavy atom. The van der Waals surface area contributed by atoms with Gasteiger partial charge < -0.3 is 15.4 Å². The Bertz CT molecular complexity index is 525. The van der Waals surface area contributed by atoms with E-state index in [1.165, 1.54) is 12.1 Å². The Kier molecular flexibility index (Phi) is 5.47. The van der Waals surface area contributed by atoms with Crippen molar-refractivity contribution in [3.63, 3.8) is 0 Å². The minimum absolute atomic E-state index is 0.0537. The molecule has 1 aliphatic rings. The van der Waals surface area contributed by atoms with Crippen LogP contribution in [0.1, 0.15) is 31.7 Å². The van der Waals surface area contributed by atoms with Crippen LogP contribution in [0, 0.1) is 11.6 Å². The number of rotatable bonds is 5. The molecule has 0 aliphatic carbocycles. The normalized spacial score (nSPS) is 18.8. The van der Waals surface area contributed by atoms with E-state index in [1.807, 2.05) is 11.8 Å². The molecule has 1 aromatic rings. The quantitative estimate of drug-likeness (QED) is 0.848. The number of thiocarbonyl (C=S) groups is 1. The molecule has 3 nitrogen and oxygen atoms in total. The van der Waals surface area contributed by atoms with Crippen molar-refractivity contribution in [2.75, 3.05) is 24.6 Å². The van der Waals surface area contributed by atoms with Crippen molar-refractivity contribution < 1.29 is 13.5 Å². The smallest absolute Gasteiger partial charge is 0.182 e. The molecule has 1 aliphatic heterocycles. The number of hydrogen-bond acceptors (Lipinski definition) is 3. The third kappa shape index (κ3) is 3.68. The van der Waals surface area contributed by atoms with Gasteiger partial charge >= 0.3 is 0 Å². The van der Waals surface area contributed by atoms with Crippen LogP contribution in [0.15, 0.2) is 12.1 Å². The summed E-state index contributed by atoms with van der Waals surface area (Å²) in [5, 5.41) is 0. The van der Waals surface area contributed by atoms with E-state index < -0.39 is 11.6 Å². The molecule has 0 saturated carbocycles. The molecule has 1 saturated heterocycles. The number of anilines is 1. The molecular formula is C15H20F2N2OS. The monoisotopic (exact) mass is 314 g/mol. The summed E-state index contributed by atoms with van der Waals surface area (Å²) in [5.41, 5.74) is 5.57. The molecule has 2 N–H and O–H groups in total. The Balaban J connectivity index is 2.18. The molecule has 2 rings (SSSR count). The second kappa shape index (κ2) is 7.13. The highest BCUT2D eigenvalue weighted by atomic mass is 32.1. The molecule has 21 heavy (non-hydrogen) atoms. The minimum Gasteiger partial charge on any atom is -0.389 e. The molecule has 1 heterocycles. The van der Waals surface area contributed by atoms with E-state index in [1.54, 1.807) is 0 Å². The van der Waals surface area contributed by atoms with Gasteiger partial charge in [-0.15, -0.1) is 0 Å². The molecular weight excluding hydrogens is 294 g/mol. The van der Waals surface area contributed by atoms with Gasteiger partial charge in [-0.3, -0.25) is 0 Å². The van der Waals surface area contributed by atoms with Crippen molar-refractivity contribution in [2.24, 2.45) is 5.73 Å². The minimum atomic E-state index is -0.975. The molecule has 0 bridgehead atoms. The highest BCUT2D eigenvalue weighted by Gasteiger charge is 2.25. The molecule has 0 spiro atoms. The lowest BCUT2D eigenvalue weighted by Gasteiger charge is -2.34. The van der Waals surface area contributed by atoms with Gasteiger partial charge in [0.1, 0.15) is 4.99 Å². The predicted molar refractivity (Wildman–Crippen MR) is 83.7 cm³/mol. The Morgan fingerprint density at radius 1 is 1.43 bits per heavy atom. The lowest BCUT2D eigenvalue weighted by Crippen LogP contribution is -2.40. The first-order valence-corrected chi connectivity index (χ1v) is 7.59. The van der Waals surface area contributed by atoms with E-state index in [4.69, 9.17) is 22.7 Å². The summed E-state index contributed by atoms with van der Waals surface area (Å²) in [5.74, 6) is -1.87. The molecule has 1 aromatic carbocycles. The van der Waals surface area contributed by atoms with Crippen LogP contribution >= 0.6 is 12.2 Å². The van der Waals surface area contributed by atoms with Crippen LogP contribution in [0.3, 0.4) is 0 Å². The molecule has 1 fully saturated rings. The molecule has 1 atom stereocenters. The SMILES string of the molecule is CCCOC1CCCN(c2ccc(C(N)=S)c(F)c2F)C1. The van der Waals surface area contributed by atoms with Gasteiger partial charge in [-0.25, -0.2) is 8.78 Å². The molecule has 0 amide bonds. The van der Waals surface area contributed by atoms with Crippen molar-refractivity contribution >= 4 is 22.9 Å². The standard InChI is InChI=1S/C15H20F2N2OS/c1-2-8-20-10-4-3-7-19(9-10)12-6-5-11(15(18)21)13(16)14(12)17/h5-6,10H,2-4,7-9H2,1H3,(H2,18,21). The molecule has 0 radical (unpaired) electrons. The zero-order chi connectivity index (χ0) is 15.4. The van der Waals surface area contributed by atoms with Crippen molar-refractivity contribution in [1.29, 1.82) is 0 Å². The lowest BCUT2D eigenvalue weighted by molar-refractivity contribution is 0.0439. The predicted octanol–water partition coefficient (Wildman–Crippen LogP) is 2.99. The Morgan fingerprint density at radius 2 is 2.19 bits per heavy atom. The van der Waals surface area contributed by atoms with Gasteiger partial charge in [-0.2, -0.15) is 0 Å². The summed E-state index contributed by atoms with van der Waals surface area (Å²) in [6.07, 6.45) is 2.86. The average Bonchev–Trinajstić information content (AvgIpc) is 2.47. The maximum Gasteiger partial charge on any atom is 0.182 e. The van der Waals surface area contributed by atoms with Crippen molar-refractivity contribution in [3.8, 4) is 0 Å². The zero-order valence-electron chi connectivity index (χ0n) is 12.1. The maximum atomic E-state index is 14.2. The van der Waals surface area contributed by atoms with Crippen molar-refractivity contribution in [2.45, 2.75) is 32.3 Å². The third-order valence-electron chi connectivity index (χ3n) is 3.60. The van der Waals surface area contributed by atoms with Crippen molar-refractivity contribution in [1.82, 2.24) is 0 Å². The topological polar surface area (TPSA) is 38.5 Å². The van der Waals surface area contributed by atoms with Crippen LogP contribution in [-0.4, -0.2) is 30.8 Å². The molecule has 1 unspecified atom stereocenters. The third-order valence-corrected chi connectivity index (χ3v) is 3.82. The van der Waals surface area contributed by atoms with Crippen molar-refractivity contribution in [3.05, 3.63) is 29.3 Å². The summed E-state index contributed by atoms with van der Waals surface area (Å²) < 4.78 is 33.9. The maximum absolute atomic E-state index is 14.2. The average molecular weight is 314 g/mol. The Labute approximate surface area is 129 Å². The van der Waals surface area contributed by atoms with Crippen LogP contribution in [0.2, 0.25) is 0 Å². The number of nitrogens with zero attached hydrogens (tertiary/aromatic N) is 1. The second-order valence-corrected chi connectivity index (χ2v) is 5.65. The van der Waals surface area contributed by atoms with Gasteiger partial charge in [0.2, 0.25) is 0 Å². The molecule has 116 valence electrons.